The Balaban J connectivity index is 3.52. The van der Waals surface area contributed by atoms with Crippen LogP contribution < -0.4 is 0 Å². The summed E-state index contributed by atoms with van der Waals surface area (Å²) in [6.07, 6.45) is -8.18. The molecule has 0 saturated heterocycles. The van der Waals surface area contributed by atoms with Crippen molar-refractivity contribution in [2.75, 3.05) is 0 Å². The molecule has 1 heterocycles. The van der Waals surface area contributed by atoms with Gasteiger partial charge >= 0.3 is 6.18 Å². The van der Waals surface area contributed by atoms with Crippen LogP contribution in [0.3, 0.4) is 0 Å². The van der Waals surface area contributed by atoms with Gasteiger partial charge in [-0.15, -0.1) is 0 Å². The molecular formula is C8H2ClF5N2. The second-order valence-corrected chi connectivity index (χ2v) is 3.05. The molecule has 0 bridgehead atoms. The summed E-state index contributed by atoms with van der Waals surface area (Å²) >= 11 is 5.15. The molecule has 16 heavy (non-hydrogen) atoms. The Bertz CT molecular complexity index is 449. The van der Waals surface area contributed by atoms with E-state index in [4.69, 9.17) is 16.9 Å². The SMILES string of the molecule is N#Cc1cc(C(F)F)c(Cl)c(C(F)(F)F)n1. The van der Waals surface area contributed by atoms with E-state index in [1.165, 1.54) is 6.07 Å². The smallest absolute Gasteiger partial charge is 0.231 e. The second-order valence-electron chi connectivity index (χ2n) is 2.67. The third-order valence-corrected chi connectivity index (χ3v) is 2.00. The predicted molar refractivity (Wildman–Crippen MR) is 43.9 cm³/mol. The number of halogens is 6. The van der Waals surface area contributed by atoms with Crippen LogP contribution in [0.25, 0.3) is 0 Å². The molecule has 0 aliphatic rings. The minimum atomic E-state index is -4.98. The molecule has 1 rings (SSSR count). The van der Waals surface area contributed by atoms with Crippen LogP contribution in [-0.2, 0) is 6.18 Å². The molecule has 0 radical (unpaired) electrons. The molecule has 0 unspecified atom stereocenters. The number of nitrogens with zero attached hydrogens (tertiary/aromatic N) is 2. The van der Waals surface area contributed by atoms with E-state index in [-0.39, 0.29) is 0 Å². The lowest BCUT2D eigenvalue weighted by molar-refractivity contribution is -0.141. The Hall–Kier alpha value is -1.42. The third-order valence-electron chi connectivity index (χ3n) is 1.60. The van der Waals surface area contributed by atoms with Gasteiger partial charge in [0.05, 0.1) is 5.02 Å². The van der Waals surface area contributed by atoms with Crippen molar-refractivity contribution in [3.63, 3.8) is 0 Å². The van der Waals surface area contributed by atoms with Crippen molar-refractivity contribution in [2.24, 2.45) is 0 Å². The van der Waals surface area contributed by atoms with Gasteiger partial charge < -0.3 is 0 Å². The normalized spacial score (nSPS) is 11.6. The molecular weight excluding hydrogens is 255 g/mol. The zero-order valence-electron chi connectivity index (χ0n) is 7.32. The van der Waals surface area contributed by atoms with Crippen molar-refractivity contribution in [2.45, 2.75) is 12.6 Å². The van der Waals surface area contributed by atoms with Gasteiger partial charge in [0.2, 0.25) is 0 Å². The number of hydrogen-bond donors (Lipinski definition) is 0. The topological polar surface area (TPSA) is 36.7 Å². The molecule has 1 aromatic rings. The monoisotopic (exact) mass is 256 g/mol. The van der Waals surface area contributed by atoms with Crippen LogP contribution in [0, 0.1) is 11.3 Å². The maximum Gasteiger partial charge on any atom is 0.434 e. The van der Waals surface area contributed by atoms with E-state index in [0.717, 1.165) is 0 Å². The van der Waals surface area contributed by atoms with E-state index in [9.17, 15) is 22.0 Å². The number of aromatic nitrogens is 1. The maximum absolute atomic E-state index is 12.3. The molecule has 8 heteroatoms. The molecule has 0 spiro atoms. The van der Waals surface area contributed by atoms with Crippen molar-refractivity contribution >= 4 is 11.6 Å². The van der Waals surface area contributed by atoms with E-state index in [1.54, 1.807) is 0 Å². The summed E-state index contributed by atoms with van der Waals surface area (Å²) in [5.74, 6) is 0. The highest BCUT2D eigenvalue weighted by atomic mass is 35.5. The molecule has 0 atom stereocenters. The van der Waals surface area contributed by atoms with Crippen molar-refractivity contribution in [1.82, 2.24) is 4.98 Å². The molecule has 0 aromatic carbocycles. The van der Waals surface area contributed by atoms with Crippen molar-refractivity contribution in [1.29, 1.82) is 5.26 Å². The van der Waals surface area contributed by atoms with E-state index >= 15 is 0 Å². The minimum Gasteiger partial charge on any atom is -0.231 e. The van der Waals surface area contributed by atoms with Gasteiger partial charge in [-0.3, -0.25) is 0 Å². The van der Waals surface area contributed by atoms with E-state index < -0.39 is 34.6 Å². The first kappa shape index (κ1) is 12.6. The Kier molecular flexibility index (Phi) is 3.33. The Morgan fingerprint density at radius 2 is 1.94 bits per heavy atom. The molecule has 0 saturated carbocycles. The van der Waals surface area contributed by atoms with Gasteiger partial charge in [-0.2, -0.15) is 18.4 Å². The summed E-state index contributed by atoms with van der Waals surface area (Å²) < 4.78 is 61.6. The largest absolute Gasteiger partial charge is 0.434 e. The van der Waals surface area contributed by atoms with Crippen LogP contribution >= 0.6 is 11.6 Å². The summed E-state index contributed by atoms with van der Waals surface area (Å²) in [6, 6.07) is 1.79. The second kappa shape index (κ2) is 4.22. The molecule has 0 fully saturated rings. The van der Waals surface area contributed by atoms with Gasteiger partial charge in [0.15, 0.2) is 5.69 Å². The van der Waals surface area contributed by atoms with Crippen molar-refractivity contribution in [3.05, 3.63) is 28.0 Å². The van der Waals surface area contributed by atoms with Gasteiger partial charge in [0.25, 0.3) is 6.43 Å². The lowest BCUT2D eigenvalue weighted by Gasteiger charge is -2.11. The molecule has 0 N–H and O–H groups in total. The molecule has 0 aliphatic heterocycles. The van der Waals surface area contributed by atoms with Crippen molar-refractivity contribution < 1.29 is 22.0 Å². The standard InChI is InChI=1S/C8H2ClF5N2/c9-5-4(7(10)11)1-3(2-15)16-6(5)8(12,13)14/h1,7H. The van der Waals surface area contributed by atoms with Gasteiger partial charge in [-0.1, -0.05) is 11.6 Å². The zero-order chi connectivity index (χ0) is 12.5. The first-order valence-corrected chi connectivity index (χ1v) is 4.11. The van der Waals surface area contributed by atoms with Crippen LogP contribution in [0.4, 0.5) is 22.0 Å². The number of pyridine rings is 1. The fraction of sp³-hybridized carbons (Fsp3) is 0.250. The van der Waals surface area contributed by atoms with E-state index in [0.29, 0.717) is 6.07 Å². The van der Waals surface area contributed by atoms with Crippen LogP contribution in [0.2, 0.25) is 5.02 Å². The Morgan fingerprint density at radius 3 is 2.31 bits per heavy atom. The van der Waals surface area contributed by atoms with E-state index in [2.05, 4.69) is 4.98 Å². The average Bonchev–Trinajstić information content (AvgIpc) is 2.15. The fourth-order valence-electron chi connectivity index (χ4n) is 0.953. The van der Waals surface area contributed by atoms with E-state index in [1.807, 2.05) is 0 Å². The quantitative estimate of drug-likeness (QED) is 0.720. The van der Waals surface area contributed by atoms with Crippen molar-refractivity contribution in [3.8, 4) is 6.07 Å². The summed E-state index contributed by atoms with van der Waals surface area (Å²) in [6.45, 7) is 0. The van der Waals surface area contributed by atoms with Gasteiger partial charge in [-0.25, -0.2) is 13.8 Å². The summed E-state index contributed by atoms with van der Waals surface area (Å²) in [5.41, 5.74) is -3.49. The minimum absolute atomic E-state index is 0.530. The highest BCUT2D eigenvalue weighted by Gasteiger charge is 2.37. The lowest BCUT2D eigenvalue weighted by Crippen LogP contribution is -2.11. The molecule has 0 amide bonds. The Morgan fingerprint density at radius 1 is 1.38 bits per heavy atom. The number of alkyl halides is 5. The van der Waals surface area contributed by atoms with Crippen LogP contribution in [-0.4, -0.2) is 4.98 Å². The molecule has 1 aromatic heterocycles. The first-order chi connectivity index (χ1) is 7.27. The highest BCUT2D eigenvalue weighted by molar-refractivity contribution is 6.32. The lowest BCUT2D eigenvalue weighted by atomic mass is 10.2. The van der Waals surface area contributed by atoms with Gasteiger partial charge in [0.1, 0.15) is 11.8 Å². The molecule has 86 valence electrons. The zero-order valence-corrected chi connectivity index (χ0v) is 8.07. The highest BCUT2D eigenvalue weighted by Crippen LogP contribution is 2.38. The molecule has 2 nitrogen and oxygen atoms in total. The maximum atomic E-state index is 12.3. The summed E-state index contributed by atoms with van der Waals surface area (Å²) in [4.78, 5) is 2.85. The number of nitriles is 1. The number of hydrogen-bond acceptors (Lipinski definition) is 2. The predicted octanol–water partition coefficient (Wildman–Crippen LogP) is 3.56. The third kappa shape index (κ3) is 2.39. The van der Waals surface area contributed by atoms with Gasteiger partial charge in [-0.05, 0) is 6.07 Å². The Labute approximate surface area is 91.3 Å². The van der Waals surface area contributed by atoms with Gasteiger partial charge in [0, 0.05) is 5.56 Å². The summed E-state index contributed by atoms with van der Waals surface area (Å²) in [7, 11) is 0. The molecule has 0 aliphatic carbocycles. The average molecular weight is 257 g/mol. The first-order valence-electron chi connectivity index (χ1n) is 3.73. The van der Waals surface area contributed by atoms with Crippen LogP contribution in [0.5, 0.6) is 0 Å². The van der Waals surface area contributed by atoms with Crippen LogP contribution in [0.1, 0.15) is 23.4 Å². The fourth-order valence-corrected chi connectivity index (χ4v) is 1.24. The number of rotatable bonds is 1. The summed E-state index contributed by atoms with van der Waals surface area (Å²) in [5, 5.41) is 7.18. The van der Waals surface area contributed by atoms with Crippen LogP contribution in [0.15, 0.2) is 6.07 Å².